The number of aryl methyl sites for hydroxylation is 1. The first-order valence-corrected chi connectivity index (χ1v) is 8.42. The quantitative estimate of drug-likeness (QED) is 0.682. The smallest absolute Gasteiger partial charge is 0.150 e. The highest BCUT2D eigenvalue weighted by Crippen LogP contribution is 2.34. The van der Waals surface area contributed by atoms with Gasteiger partial charge in [0.1, 0.15) is 5.82 Å². The monoisotopic (exact) mass is 294 g/mol. The van der Waals surface area contributed by atoms with E-state index in [1.807, 2.05) is 6.20 Å². The fourth-order valence-electron chi connectivity index (χ4n) is 3.37. The second-order valence-corrected chi connectivity index (χ2v) is 6.62. The molecule has 1 atom stereocenters. The highest BCUT2D eigenvalue weighted by atomic mass is 32.1. The number of imidazole rings is 1. The van der Waals surface area contributed by atoms with Crippen LogP contribution in [0.2, 0.25) is 0 Å². The number of nitrogens with zero attached hydrogens (tertiary/aromatic N) is 2. The lowest BCUT2D eigenvalue weighted by molar-refractivity contribution is 0.485. The molecule has 4 rings (SSSR count). The lowest BCUT2D eigenvalue weighted by Gasteiger charge is -2.26. The second kappa shape index (κ2) is 5.49. The van der Waals surface area contributed by atoms with Gasteiger partial charge in [0, 0.05) is 24.9 Å². The zero-order chi connectivity index (χ0) is 14.1. The van der Waals surface area contributed by atoms with Gasteiger partial charge in [-0.15, -0.1) is 11.3 Å². The molecule has 0 N–H and O–H groups in total. The standard InChI is InChI=1S/C18H18N2S/c1-2-8-16-14(5-1)6-3-7-15(16)13-20-11-10-19-18(20)17-9-4-12-21-17/h1-2,4-5,8-12,15H,3,6-7,13H2. The van der Waals surface area contributed by atoms with Crippen molar-refractivity contribution in [2.24, 2.45) is 0 Å². The van der Waals surface area contributed by atoms with Gasteiger partial charge in [0.05, 0.1) is 4.88 Å². The molecule has 2 heterocycles. The van der Waals surface area contributed by atoms with E-state index in [1.54, 1.807) is 11.3 Å². The molecule has 0 saturated heterocycles. The highest BCUT2D eigenvalue weighted by Gasteiger charge is 2.21. The highest BCUT2D eigenvalue weighted by molar-refractivity contribution is 7.13. The first-order valence-electron chi connectivity index (χ1n) is 7.54. The molecule has 3 heteroatoms. The Morgan fingerprint density at radius 1 is 1.19 bits per heavy atom. The predicted molar refractivity (Wildman–Crippen MR) is 87.7 cm³/mol. The minimum atomic E-state index is 0.614. The normalized spacial score (nSPS) is 17.6. The third-order valence-electron chi connectivity index (χ3n) is 4.37. The summed E-state index contributed by atoms with van der Waals surface area (Å²) < 4.78 is 2.32. The Kier molecular flexibility index (Phi) is 3.36. The Bertz CT molecular complexity index is 727. The van der Waals surface area contributed by atoms with E-state index in [0.29, 0.717) is 5.92 Å². The van der Waals surface area contributed by atoms with Crippen LogP contribution in [0.5, 0.6) is 0 Å². The SMILES string of the molecule is c1csc(-c2nccn2CC2CCCc3ccccc32)c1. The molecule has 1 aliphatic carbocycles. The van der Waals surface area contributed by atoms with Gasteiger partial charge in [-0.05, 0) is 41.8 Å². The van der Waals surface area contributed by atoms with Crippen LogP contribution in [0.4, 0.5) is 0 Å². The average Bonchev–Trinajstić information content (AvgIpc) is 3.18. The molecular weight excluding hydrogens is 276 g/mol. The van der Waals surface area contributed by atoms with Crippen molar-refractivity contribution in [3.05, 3.63) is 65.3 Å². The Balaban J connectivity index is 1.65. The third kappa shape index (κ3) is 2.42. The first kappa shape index (κ1) is 12.8. The molecule has 0 bridgehead atoms. The minimum Gasteiger partial charge on any atom is -0.330 e. The molecule has 3 aromatic rings. The van der Waals surface area contributed by atoms with E-state index in [0.717, 1.165) is 12.4 Å². The number of rotatable bonds is 3. The van der Waals surface area contributed by atoms with Crippen LogP contribution in [0.1, 0.15) is 29.9 Å². The number of thiophene rings is 1. The van der Waals surface area contributed by atoms with E-state index in [2.05, 4.69) is 57.5 Å². The molecule has 0 fully saturated rings. The van der Waals surface area contributed by atoms with Crippen molar-refractivity contribution < 1.29 is 0 Å². The van der Waals surface area contributed by atoms with Gasteiger partial charge in [-0.2, -0.15) is 0 Å². The molecule has 1 aliphatic rings. The van der Waals surface area contributed by atoms with E-state index in [1.165, 1.54) is 35.3 Å². The van der Waals surface area contributed by atoms with Crippen LogP contribution in [0, 0.1) is 0 Å². The molecular formula is C18H18N2S. The zero-order valence-corrected chi connectivity index (χ0v) is 12.7. The lowest BCUT2D eigenvalue weighted by atomic mass is 9.83. The van der Waals surface area contributed by atoms with Crippen molar-refractivity contribution in [1.82, 2.24) is 9.55 Å². The molecule has 0 saturated carbocycles. The van der Waals surface area contributed by atoms with Gasteiger partial charge in [-0.25, -0.2) is 4.98 Å². The maximum absolute atomic E-state index is 4.55. The second-order valence-electron chi connectivity index (χ2n) is 5.67. The Hall–Kier alpha value is -1.87. The van der Waals surface area contributed by atoms with Gasteiger partial charge in [0.15, 0.2) is 0 Å². The average molecular weight is 294 g/mol. The summed E-state index contributed by atoms with van der Waals surface area (Å²) in [4.78, 5) is 5.81. The summed E-state index contributed by atoms with van der Waals surface area (Å²) in [6.07, 6.45) is 7.84. The number of hydrogen-bond acceptors (Lipinski definition) is 2. The fraction of sp³-hybridized carbons (Fsp3) is 0.278. The summed E-state index contributed by atoms with van der Waals surface area (Å²) in [5.41, 5.74) is 3.07. The Morgan fingerprint density at radius 3 is 3.05 bits per heavy atom. The van der Waals surface area contributed by atoms with Gasteiger partial charge < -0.3 is 4.57 Å². The number of benzene rings is 1. The van der Waals surface area contributed by atoms with Crippen LogP contribution >= 0.6 is 11.3 Å². The largest absolute Gasteiger partial charge is 0.330 e. The summed E-state index contributed by atoms with van der Waals surface area (Å²) in [6, 6.07) is 13.2. The van der Waals surface area contributed by atoms with Gasteiger partial charge in [-0.3, -0.25) is 0 Å². The molecule has 106 valence electrons. The van der Waals surface area contributed by atoms with E-state index in [-0.39, 0.29) is 0 Å². The van der Waals surface area contributed by atoms with Crippen LogP contribution in [0.25, 0.3) is 10.7 Å². The van der Waals surface area contributed by atoms with Crippen molar-refractivity contribution in [3.63, 3.8) is 0 Å². The molecule has 2 aromatic heterocycles. The maximum atomic E-state index is 4.55. The molecule has 0 amide bonds. The maximum Gasteiger partial charge on any atom is 0.150 e. The van der Waals surface area contributed by atoms with Crippen molar-refractivity contribution in [2.45, 2.75) is 31.7 Å². The molecule has 0 spiro atoms. The summed E-state index contributed by atoms with van der Waals surface area (Å²) in [5, 5.41) is 2.12. The number of fused-ring (bicyclic) bond motifs is 1. The van der Waals surface area contributed by atoms with Crippen molar-refractivity contribution >= 4 is 11.3 Å². The van der Waals surface area contributed by atoms with E-state index in [9.17, 15) is 0 Å². The van der Waals surface area contributed by atoms with Crippen LogP contribution in [0.15, 0.2) is 54.2 Å². The topological polar surface area (TPSA) is 17.8 Å². The third-order valence-corrected chi connectivity index (χ3v) is 5.23. The van der Waals surface area contributed by atoms with E-state index < -0.39 is 0 Å². The number of hydrogen-bond donors (Lipinski definition) is 0. The van der Waals surface area contributed by atoms with Gasteiger partial charge in [-0.1, -0.05) is 30.3 Å². The van der Waals surface area contributed by atoms with Crippen LogP contribution in [-0.4, -0.2) is 9.55 Å². The molecule has 21 heavy (non-hydrogen) atoms. The molecule has 0 aliphatic heterocycles. The van der Waals surface area contributed by atoms with Crippen molar-refractivity contribution in [2.75, 3.05) is 0 Å². The van der Waals surface area contributed by atoms with Crippen LogP contribution in [-0.2, 0) is 13.0 Å². The molecule has 0 radical (unpaired) electrons. The summed E-state index contributed by atoms with van der Waals surface area (Å²) in [7, 11) is 0. The van der Waals surface area contributed by atoms with Crippen molar-refractivity contribution in [3.8, 4) is 10.7 Å². The van der Waals surface area contributed by atoms with E-state index >= 15 is 0 Å². The lowest BCUT2D eigenvalue weighted by Crippen LogP contribution is -2.15. The van der Waals surface area contributed by atoms with Gasteiger partial charge in [0.25, 0.3) is 0 Å². The summed E-state index contributed by atoms with van der Waals surface area (Å²) in [6.45, 7) is 1.03. The van der Waals surface area contributed by atoms with E-state index in [4.69, 9.17) is 0 Å². The number of aromatic nitrogens is 2. The molecule has 1 aromatic carbocycles. The van der Waals surface area contributed by atoms with Crippen molar-refractivity contribution in [1.29, 1.82) is 0 Å². The van der Waals surface area contributed by atoms with Crippen LogP contribution < -0.4 is 0 Å². The van der Waals surface area contributed by atoms with Gasteiger partial charge in [0.2, 0.25) is 0 Å². The zero-order valence-electron chi connectivity index (χ0n) is 11.9. The van der Waals surface area contributed by atoms with Gasteiger partial charge >= 0.3 is 0 Å². The molecule has 2 nitrogen and oxygen atoms in total. The molecule has 1 unspecified atom stereocenters. The van der Waals surface area contributed by atoms with Crippen LogP contribution in [0.3, 0.4) is 0 Å². The summed E-state index contributed by atoms with van der Waals surface area (Å²) in [5.74, 6) is 1.72. The fourth-order valence-corrected chi connectivity index (χ4v) is 4.11. The Morgan fingerprint density at radius 2 is 2.14 bits per heavy atom. The predicted octanol–water partition coefficient (Wildman–Crippen LogP) is 4.73. The Labute approximate surface area is 129 Å². The summed E-state index contributed by atoms with van der Waals surface area (Å²) >= 11 is 1.76. The minimum absolute atomic E-state index is 0.614. The first-order chi connectivity index (χ1) is 10.4.